The van der Waals surface area contributed by atoms with Crippen molar-refractivity contribution in [1.29, 1.82) is 0 Å². The van der Waals surface area contributed by atoms with Crippen molar-refractivity contribution in [3.05, 3.63) is 77.0 Å². The highest BCUT2D eigenvalue weighted by molar-refractivity contribution is 7.98. The van der Waals surface area contributed by atoms with Crippen LogP contribution in [0, 0.1) is 6.92 Å². The summed E-state index contributed by atoms with van der Waals surface area (Å²) in [5, 5.41) is 9.13. The lowest BCUT2D eigenvalue weighted by Crippen LogP contribution is -1.95. The van der Waals surface area contributed by atoms with E-state index in [9.17, 15) is 0 Å². The van der Waals surface area contributed by atoms with Gasteiger partial charge in [0.1, 0.15) is 12.0 Å². The first-order valence-electron chi connectivity index (χ1n) is 8.51. The third kappa shape index (κ3) is 4.74. The van der Waals surface area contributed by atoms with E-state index in [0.717, 1.165) is 22.6 Å². The molecule has 0 aliphatic rings. The predicted molar refractivity (Wildman–Crippen MR) is 106 cm³/mol. The van der Waals surface area contributed by atoms with Gasteiger partial charge in [0.05, 0.1) is 5.69 Å². The quantitative estimate of drug-likeness (QED) is 0.367. The SMILES string of the molecule is Cc1cccc(OCc2nnc(SCc3coc(-c4cccc(Cl)c4)n3)o2)c1. The maximum absolute atomic E-state index is 6.01. The monoisotopic (exact) mass is 413 g/mol. The van der Waals surface area contributed by atoms with Crippen LogP contribution in [0.5, 0.6) is 5.75 Å². The Morgan fingerprint density at radius 1 is 1.11 bits per heavy atom. The molecule has 0 unspecified atom stereocenters. The number of benzene rings is 2. The molecule has 0 N–H and O–H groups in total. The number of aromatic nitrogens is 3. The largest absolute Gasteiger partial charge is 0.484 e. The number of ether oxygens (including phenoxy) is 1. The summed E-state index contributed by atoms with van der Waals surface area (Å²) in [6.07, 6.45) is 1.61. The van der Waals surface area contributed by atoms with Gasteiger partial charge in [-0.2, -0.15) is 0 Å². The van der Waals surface area contributed by atoms with Crippen molar-refractivity contribution in [2.45, 2.75) is 24.5 Å². The van der Waals surface area contributed by atoms with Crippen molar-refractivity contribution >= 4 is 23.4 Å². The predicted octanol–water partition coefficient (Wildman–Crippen LogP) is 5.56. The van der Waals surface area contributed by atoms with E-state index in [1.54, 1.807) is 12.3 Å². The van der Waals surface area contributed by atoms with Crippen molar-refractivity contribution in [1.82, 2.24) is 15.2 Å². The number of hydrogen-bond acceptors (Lipinski definition) is 7. The van der Waals surface area contributed by atoms with E-state index in [2.05, 4.69) is 15.2 Å². The number of oxazole rings is 1. The first-order chi connectivity index (χ1) is 13.7. The normalized spacial score (nSPS) is 10.9. The van der Waals surface area contributed by atoms with Crippen LogP contribution in [0.2, 0.25) is 5.02 Å². The van der Waals surface area contributed by atoms with Gasteiger partial charge in [0.15, 0.2) is 6.61 Å². The smallest absolute Gasteiger partial charge is 0.277 e. The molecule has 2 heterocycles. The molecule has 2 aromatic heterocycles. The van der Waals surface area contributed by atoms with E-state index < -0.39 is 0 Å². The summed E-state index contributed by atoms with van der Waals surface area (Å²) in [4.78, 5) is 4.47. The fraction of sp³-hybridized carbons (Fsp3) is 0.150. The molecule has 0 aliphatic carbocycles. The minimum atomic E-state index is 0.222. The highest BCUT2D eigenvalue weighted by Crippen LogP contribution is 2.26. The number of aryl methyl sites for hydroxylation is 1. The number of halogens is 1. The van der Waals surface area contributed by atoms with Crippen LogP contribution in [0.25, 0.3) is 11.5 Å². The minimum absolute atomic E-state index is 0.222. The van der Waals surface area contributed by atoms with Gasteiger partial charge in [0.2, 0.25) is 5.89 Å². The topological polar surface area (TPSA) is 74.2 Å². The zero-order valence-corrected chi connectivity index (χ0v) is 16.5. The van der Waals surface area contributed by atoms with E-state index >= 15 is 0 Å². The molecule has 0 saturated carbocycles. The van der Waals surface area contributed by atoms with Gasteiger partial charge in [0, 0.05) is 16.3 Å². The number of rotatable bonds is 7. The van der Waals surface area contributed by atoms with E-state index in [1.807, 2.05) is 49.4 Å². The van der Waals surface area contributed by atoms with Crippen molar-refractivity contribution in [2.24, 2.45) is 0 Å². The third-order valence-corrected chi connectivity index (χ3v) is 4.85. The van der Waals surface area contributed by atoms with Gasteiger partial charge in [-0.15, -0.1) is 10.2 Å². The summed E-state index contributed by atoms with van der Waals surface area (Å²) in [6, 6.07) is 15.2. The molecule has 8 heteroatoms. The number of thioether (sulfide) groups is 1. The van der Waals surface area contributed by atoms with Crippen molar-refractivity contribution in [3.63, 3.8) is 0 Å². The molecule has 2 aromatic carbocycles. The molecule has 0 aliphatic heterocycles. The van der Waals surface area contributed by atoms with Crippen molar-refractivity contribution in [2.75, 3.05) is 0 Å². The molecule has 0 saturated heterocycles. The Bertz CT molecular complexity index is 1080. The van der Waals surface area contributed by atoms with Crippen LogP contribution in [0.4, 0.5) is 0 Å². The van der Waals surface area contributed by atoms with Crippen LogP contribution in [0.15, 0.2) is 68.9 Å². The van der Waals surface area contributed by atoms with Crippen LogP contribution in [-0.4, -0.2) is 15.2 Å². The van der Waals surface area contributed by atoms with E-state index in [0.29, 0.717) is 27.8 Å². The van der Waals surface area contributed by atoms with Crippen LogP contribution in [0.1, 0.15) is 17.1 Å². The van der Waals surface area contributed by atoms with Crippen molar-refractivity contribution in [3.8, 4) is 17.2 Å². The van der Waals surface area contributed by atoms with Crippen LogP contribution in [0.3, 0.4) is 0 Å². The summed E-state index contributed by atoms with van der Waals surface area (Å²) in [7, 11) is 0. The van der Waals surface area contributed by atoms with Gasteiger partial charge in [-0.3, -0.25) is 0 Å². The van der Waals surface area contributed by atoms with Gasteiger partial charge in [-0.25, -0.2) is 4.98 Å². The molecule has 0 fully saturated rings. The van der Waals surface area contributed by atoms with Crippen LogP contribution < -0.4 is 4.74 Å². The molecule has 28 heavy (non-hydrogen) atoms. The highest BCUT2D eigenvalue weighted by atomic mass is 35.5. The van der Waals surface area contributed by atoms with E-state index in [-0.39, 0.29) is 6.61 Å². The molecule has 0 amide bonds. The molecule has 4 aromatic rings. The standard InChI is InChI=1S/C20H16ClN3O3S/c1-13-4-2-7-17(8-13)25-11-18-23-24-20(27-18)28-12-16-10-26-19(22-16)14-5-3-6-15(21)9-14/h2-10H,11-12H2,1H3. The van der Waals surface area contributed by atoms with Gasteiger partial charge in [-0.1, -0.05) is 41.6 Å². The maximum Gasteiger partial charge on any atom is 0.277 e. The van der Waals surface area contributed by atoms with E-state index in [1.165, 1.54) is 11.8 Å². The summed E-state index contributed by atoms with van der Waals surface area (Å²) < 4.78 is 16.8. The Morgan fingerprint density at radius 3 is 2.86 bits per heavy atom. The molecule has 4 rings (SSSR count). The zero-order chi connectivity index (χ0) is 19.3. The third-order valence-electron chi connectivity index (χ3n) is 3.77. The molecule has 0 bridgehead atoms. The Morgan fingerprint density at radius 2 is 2.00 bits per heavy atom. The minimum Gasteiger partial charge on any atom is -0.484 e. The molecular formula is C20H16ClN3O3S. The van der Waals surface area contributed by atoms with Gasteiger partial charge in [-0.05, 0) is 42.8 Å². The van der Waals surface area contributed by atoms with Gasteiger partial charge < -0.3 is 13.6 Å². The first-order valence-corrected chi connectivity index (χ1v) is 9.87. The molecule has 0 atom stereocenters. The lowest BCUT2D eigenvalue weighted by atomic mass is 10.2. The Kier molecular flexibility index (Phi) is 5.64. The average Bonchev–Trinajstić information content (AvgIpc) is 3.34. The molecule has 0 spiro atoms. The molecule has 0 radical (unpaired) electrons. The first kappa shape index (κ1) is 18.6. The second-order valence-electron chi connectivity index (χ2n) is 6.01. The van der Waals surface area contributed by atoms with Gasteiger partial charge in [0.25, 0.3) is 11.1 Å². The maximum atomic E-state index is 6.01. The van der Waals surface area contributed by atoms with Crippen LogP contribution >= 0.6 is 23.4 Å². The summed E-state index contributed by atoms with van der Waals surface area (Å²) in [5.74, 6) is 2.26. The summed E-state index contributed by atoms with van der Waals surface area (Å²) in [5.41, 5.74) is 2.73. The van der Waals surface area contributed by atoms with E-state index in [4.69, 9.17) is 25.2 Å². The number of hydrogen-bond donors (Lipinski definition) is 0. The Balaban J connectivity index is 1.32. The lowest BCUT2D eigenvalue weighted by molar-refractivity contribution is 0.252. The zero-order valence-electron chi connectivity index (χ0n) is 15.0. The Hall–Kier alpha value is -2.77. The summed E-state index contributed by atoms with van der Waals surface area (Å²) >= 11 is 7.39. The Labute approximate surface area is 170 Å². The van der Waals surface area contributed by atoms with Crippen molar-refractivity contribution < 1.29 is 13.6 Å². The average molecular weight is 414 g/mol. The number of nitrogens with zero attached hydrogens (tertiary/aromatic N) is 3. The lowest BCUT2D eigenvalue weighted by Gasteiger charge is -2.03. The molecular weight excluding hydrogens is 398 g/mol. The van der Waals surface area contributed by atoms with Gasteiger partial charge >= 0.3 is 0 Å². The van der Waals surface area contributed by atoms with Crippen LogP contribution in [-0.2, 0) is 12.4 Å². The summed E-state index contributed by atoms with van der Waals surface area (Å²) in [6.45, 7) is 2.23. The fourth-order valence-corrected chi connectivity index (χ4v) is 3.32. The second-order valence-corrected chi connectivity index (χ2v) is 7.37. The second kappa shape index (κ2) is 8.50. The fourth-order valence-electron chi connectivity index (χ4n) is 2.47. The molecule has 6 nitrogen and oxygen atoms in total. The molecule has 142 valence electrons. The highest BCUT2D eigenvalue weighted by Gasteiger charge is 2.11.